The second-order valence-electron chi connectivity index (χ2n) is 6.24. The highest BCUT2D eigenvalue weighted by Gasteiger charge is 2.25. The van der Waals surface area contributed by atoms with E-state index in [2.05, 4.69) is 40.7 Å². The van der Waals surface area contributed by atoms with Gasteiger partial charge in [0.2, 0.25) is 5.89 Å². The highest BCUT2D eigenvalue weighted by Crippen LogP contribution is 2.36. The van der Waals surface area contributed by atoms with E-state index in [0.717, 1.165) is 24.3 Å². The molecule has 5 nitrogen and oxygen atoms in total. The lowest BCUT2D eigenvalue weighted by Gasteiger charge is -2.30. The fourth-order valence-electron chi connectivity index (χ4n) is 3.13. The molecular formula is C18H23N3O2. The number of benzene rings is 1. The molecule has 2 N–H and O–H groups in total. The molecule has 0 aliphatic heterocycles. The van der Waals surface area contributed by atoms with Crippen LogP contribution in [-0.4, -0.2) is 11.0 Å². The number of carbonyl (C=O) groups excluding carboxylic acids is 1. The van der Waals surface area contributed by atoms with Crippen LogP contribution in [0, 0.1) is 13.8 Å². The van der Waals surface area contributed by atoms with Gasteiger partial charge >= 0.3 is 6.03 Å². The van der Waals surface area contributed by atoms with E-state index in [4.69, 9.17) is 4.42 Å². The smallest absolute Gasteiger partial charge is 0.315 e. The molecule has 0 bridgehead atoms. The molecule has 0 saturated heterocycles. The van der Waals surface area contributed by atoms with Gasteiger partial charge in [-0.1, -0.05) is 31.2 Å². The number of amides is 2. The lowest BCUT2D eigenvalue weighted by molar-refractivity contribution is 0.233. The summed E-state index contributed by atoms with van der Waals surface area (Å²) in [6.07, 6.45) is 2.04. The second kappa shape index (κ2) is 6.44. The van der Waals surface area contributed by atoms with Crippen molar-refractivity contribution in [1.29, 1.82) is 0 Å². The summed E-state index contributed by atoms with van der Waals surface area (Å²) in [7, 11) is 0. The molecule has 23 heavy (non-hydrogen) atoms. The van der Waals surface area contributed by atoms with Gasteiger partial charge in [0.05, 0.1) is 18.3 Å². The Hall–Kier alpha value is -2.30. The average molecular weight is 313 g/mol. The molecule has 2 amide bonds. The van der Waals surface area contributed by atoms with Gasteiger partial charge < -0.3 is 15.1 Å². The summed E-state index contributed by atoms with van der Waals surface area (Å²) in [4.78, 5) is 16.4. The minimum atomic E-state index is -0.187. The first-order valence-corrected chi connectivity index (χ1v) is 8.10. The molecule has 1 aromatic carbocycles. The maximum absolute atomic E-state index is 12.2. The third-order valence-electron chi connectivity index (χ3n) is 4.57. The topological polar surface area (TPSA) is 67.2 Å². The quantitative estimate of drug-likeness (QED) is 0.907. The van der Waals surface area contributed by atoms with Crippen LogP contribution >= 0.6 is 0 Å². The number of aromatic nitrogens is 1. The molecule has 0 radical (unpaired) electrons. The summed E-state index contributed by atoms with van der Waals surface area (Å²) >= 11 is 0. The first kappa shape index (κ1) is 15.6. The maximum Gasteiger partial charge on any atom is 0.315 e. The predicted molar refractivity (Wildman–Crippen MR) is 88.2 cm³/mol. The molecule has 5 heteroatoms. The largest absolute Gasteiger partial charge is 0.444 e. The zero-order valence-corrected chi connectivity index (χ0v) is 13.8. The fourth-order valence-corrected chi connectivity index (χ4v) is 3.13. The molecule has 0 unspecified atom stereocenters. The van der Waals surface area contributed by atoms with Crippen LogP contribution in [0.1, 0.15) is 60.2 Å². The minimum Gasteiger partial charge on any atom is -0.444 e. The first-order valence-electron chi connectivity index (χ1n) is 8.10. The van der Waals surface area contributed by atoms with Crippen molar-refractivity contribution < 1.29 is 9.21 Å². The van der Waals surface area contributed by atoms with E-state index in [1.165, 1.54) is 11.1 Å². The van der Waals surface area contributed by atoms with E-state index in [-0.39, 0.29) is 12.1 Å². The maximum atomic E-state index is 12.2. The van der Waals surface area contributed by atoms with Gasteiger partial charge in [0.25, 0.3) is 0 Å². The van der Waals surface area contributed by atoms with Crippen molar-refractivity contribution in [2.75, 3.05) is 0 Å². The Morgan fingerprint density at radius 3 is 2.70 bits per heavy atom. The van der Waals surface area contributed by atoms with E-state index < -0.39 is 0 Å². The number of urea groups is 1. The van der Waals surface area contributed by atoms with E-state index in [9.17, 15) is 4.79 Å². The SMILES string of the molecule is Cc1nc(CNC(=O)N[C@@H]2CC[C@H](C)c3ccccc32)oc1C. The number of hydrogen-bond donors (Lipinski definition) is 2. The summed E-state index contributed by atoms with van der Waals surface area (Å²) in [5.74, 6) is 1.87. The molecule has 1 heterocycles. The van der Waals surface area contributed by atoms with Gasteiger partial charge in [-0.2, -0.15) is 0 Å². The number of fused-ring (bicyclic) bond motifs is 1. The van der Waals surface area contributed by atoms with Crippen molar-refractivity contribution in [3.63, 3.8) is 0 Å². The van der Waals surface area contributed by atoms with Gasteiger partial charge in [0.15, 0.2) is 0 Å². The van der Waals surface area contributed by atoms with Gasteiger partial charge in [0.1, 0.15) is 5.76 Å². The Bertz CT molecular complexity index is 689. The molecular weight excluding hydrogens is 290 g/mol. The number of nitrogens with one attached hydrogen (secondary N) is 2. The van der Waals surface area contributed by atoms with Crippen LogP contribution in [0.25, 0.3) is 0 Å². The van der Waals surface area contributed by atoms with Gasteiger partial charge in [-0.3, -0.25) is 0 Å². The van der Waals surface area contributed by atoms with Crippen molar-refractivity contribution in [3.05, 3.63) is 52.7 Å². The molecule has 0 saturated carbocycles. The molecule has 1 aliphatic carbocycles. The number of nitrogens with zero attached hydrogens (tertiary/aromatic N) is 1. The van der Waals surface area contributed by atoms with Crippen LogP contribution in [-0.2, 0) is 6.54 Å². The lowest BCUT2D eigenvalue weighted by atomic mass is 9.81. The van der Waals surface area contributed by atoms with Gasteiger partial charge in [-0.15, -0.1) is 0 Å². The fraction of sp³-hybridized carbons (Fsp3) is 0.444. The van der Waals surface area contributed by atoms with Crippen LogP contribution in [0.15, 0.2) is 28.7 Å². The zero-order chi connectivity index (χ0) is 16.4. The summed E-state index contributed by atoms with van der Waals surface area (Å²) in [5, 5.41) is 5.89. The number of carbonyl (C=O) groups is 1. The van der Waals surface area contributed by atoms with E-state index in [0.29, 0.717) is 18.4 Å². The van der Waals surface area contributed by atoms with Crippen molar-refractivity contribution in [3.8, 4) is 0 Å². The minimum absolute atomic E-state index is 0.0652. The van der Waals surface area contributed by atoms with Crippen LogP contribution in [0.2, 0.25) is 0 Å². The molecule has 2 atom stereocenters. The standard InChI is InChI=1S/C18H23N3O2/c1-11-8-9-16(15-7-5-4-6-14(11)15)21-18(22)19-10-17-20-12(2)13(3)23-17/h4-7,11,16H,8-10H2,1-3H3,(H2,19,21,22)/t11-,16+/m0/s1. The molecule has 122 valence electrons. The lowest BCUT2D eigenvalue weighted by Crippen LogP contribution is -2.39. The number of oxazole rings is 1. The Labute approximate surface area is 136 Å². The van der Waals surface area contributed by atoms with Crippen LogP contribution < -0.4 is 10.6 Å². The summed E-state index contributed by atoms with van der Waals surface area (Å²) in [6, 6.07) is 8.23. The highest BCUT2D eigenvalue weighted by molar-refractivity contribution is 5.74. The Morgan fingerprint density at radius 2 is 2.00 bits per heavy atom. The van der Waals surface area contributed by atoms with E-state index >= 15 is 0 Å². The Morgan fingerprint density at radius 1 is 1.26 bits per heavy atom. The molecule has 0 spiro atoms. The first-order chi connectivity index (χ1) is 11.0. The predicted octanol–water partition coefficient (Wildman–Crippen LogP) is 3.73. The summed E-state index contributed by atoms with van der Waals surface area (Å²) in [6.45, 7) is 6.29. The Balaban J connectivity index is 1.61. The molecule has 1 aromatic heterocycles. The van der Waals surface area contributed by atoms with Gasteiger partial charge in [-0.05, 0) is 43.7 Å². The summed E-state index contributed by atoms with van der Waals surface area (Å²) < 4.78 is 5.47. The van der Waals surface area contributed by atoms with Crippen molar-refractivity contribution >= 4 is 6.03 Å². The highest BCUT2D eigenvalue weighted by atomic mass is 16.4. The molecule has 3 rings (SSSR count). The van der Waals surface area contributed by atoms with E-state index in [1.807, 2.05) is 19.9 Å². The third-order valence-corrected chi connectivity index (χ3v) is 4.57. The number of rotatable bonds is 3. The zero-order valence-electron chi connectivity index (χ0n) is 13.8. The second-order valence-corrected chi connectivity index (χ2v) is 6.24. The van der Waals surface area contributed by atoms with Crippen molar-refractivity contribution in [2.24, 2.45) is 0 Å². The number of hydrogen-bond acceptors (Lipinski definition) is 3. The monoisotopic (exact) mass is 313 g/mol. The van der Waals surface area contributed by atoms with Gasteiger partial charge in [0, 0.05) is 0 Å². The van der Waals surface area contributed by atoms with Crippen LogP contribution in [0.3, 0.4) is 0 Å². The van der Waals surface area contributed by atoms with E-state index in [1.54, 1.807) is 0 Å². The number of aryl methyl sites for hydroxylation is 2. The third kappa shape index (κ3) is 3.38. The average Bonchev–Trinajstić information content (AvgIpc) is 2.87. The molecule has 2 aromatic rings. The van der Waals surface area contributed by atoms with Crippen LogP contribution in [0.4, 0.5) is 4.79 Å². The molecule has 1 aliphatic rings. The van der Waals surface area contributed by atoms with Crippen LogP contribution in [0.5, 0.6) is 0 Å². The summed E-state index contributed by atoms with van der Waals surface area (Å²) in [5.41, 5.74) is 3.42. The van der Waals surface area contributed by atoms with Crippen molar-refractivity contribution in [2.45, 2.75) is 52.1 Å². The normalized spacial score (nSPS) is 20.0. The van der Waals surface area contributed by atoms with Gasteiger partial charge in [-0.25, -0.2) is 9.78 Å². The molecule has 0 fully saturated rings. The van der Waals surface area contributed by atoms with Crippen molar-refractivity contribution in [1.82, 2.24) is 15.6 Å². The Kier molecular flexibility index (Phi) is 4.37.